The maximum Gasteiger partial charge on any atom is 0.306 e. The third kappa shape index (κ3) is 58.8. The zero-order chi connectivity index (χ0) is 52.2. The molecule has 0 saturated carbocycles. The maximum atomic E-state index is 12.9. The van der Waals surface area contributed by atoms with Crippen LogP contribution in [0.5, 0.6) is 0 Å². The lowest BCUT2D eigenvalue weighted by molar-refractivity contribution is -0.167. The van der Waals surface area contributed by atoms with Crippen molar-refractivity contribution in [2.24, 2.45) is 0 Å². The molecular weight excluding hydrogens is 889 g/mol. The molecule has 0 spiro atoms. The van der Waals surface area contributed by atoms with Crippen LogP contribution in [0.15, 0.2) is 24.3 Å². The fraction of sp³-hybridized carbons (Fsp3) is 0.894. The highest BCUT2D eigenvalue weighted by Crippen LogP contribution is 2.18. The maximum absolute atomic E-state index is 12.9. The fourth-order valence-electron chi connectivity index (χ4n) is 9.83. The first-order valence-electron chi connectivity index (χ1n) is 32.3. The largest absolute Gasteiger partial charge is 0.462 e. The molecule has 0 aromatic rings. The lowest BCUT2D eigenvalue weighted by atomic mass is 10.0. The summed E-state index contributed by atoms with van der Waals surface area (Å²) in [5.41, 5.74) is 0. The zero-order valence-electron chi connectivity index (χ0n) is 48.7. The molecule has 0 aromatic heterocycles. The molecular formula is C66H124O6. The van der Waals surface area contributed by atoms with Crippen LogP contribution in [0.25, 0.3) is 0 Å². The molecule has 72 heavy (non-hydrogen) atoms. The molecule has 0 radical (unpaired) electrons. The van der Waals surface area contributed by atoms with E-state index in [9.17, 15) is 14.4 Å². The van der Waals surface area contributed by atoms with Crippen molar-refractivity contribution in [3.8, 4) is 0 Å². The van der Waals surface area contributed by atoms with Crippen molar-refractivity contribution in [1.82, 2.24) is 0 Å². The average molecular weight is 1010 g/mol. The molecule has 1 atom stereocenters. The van der Waals surface area contributed by atoms with Crippen molar-refractivity contribution in [2.45, 2.75) is 367 Å². The van der Waals surface area contributed by atoms with E-state index in [1.807, 2.05) is 0 Å². The molecule has 0 heterocycles. The molecule has 0 aliphatic rings. The van der Waals surface area contributed by atoms with Gasteiger partial charge >= 0.3 is 17.9 Å². The molecule has 0 fully saturated rings. The minimum Gasteiger partial charge on any atom is -0.462 e. The lowest BCUT2D eigenvalue weighted by Gasteiger charge is -2.18. The third-order valence-corrected chi connectivity index (χ3v) is 14.7. The predicted molar refractivity (Wildman–Crippen MR) is 312 cm³/mol. The van der Waals surface area contributed by atoms with Crippen molar-refractivity contribution in [3.63, 3.8) is 0 Å². The smallest absolute Gasteiger partial charge is 0.306 e. The Hall–Kier alpha value is -2.11. The highest BCUT2D eigenvalue weighted by Gasteiger charge is 2.19. The number of hydrogen-bond acceptors (Lipinski definition) is 6. The summed E-state index contributed by atoms with van der Waals surface area (Å²) in [6.45, 7) is 6.68. The Kier molecular flexibility index (Phi) is 59.6. The number of ether oxygens (including phenoxy) is 3. The quantitative estimate of drug-likeness (QED) is 0.0261. The number of esters is 3. The Balaban J connectivity index is 4.19. The van der Waals surface area contributed by atoms with Crippen LogP contribution in [0.2, 0.25) is 0 Å². The van der Waals surface area contributed by atoms with E-state index in [0.717, 1.165) is 64.2 Å². The lowest BCUT2D eigenvalue weighted by Crippen LogP contribution is -2.30. The van der Waals surface area contributed by atoms with E-state index in [1.165, 1.54) is 257 Å². The van der Waals surface area contributed by atoms with E-state index in [0.29, 0.717) is 19.3 Å². The second-order valence-corrected chi connectivity index (χ2v) is 22.0. The number of hydrogen-bond donors (Lipinski definition) is 0. The van der Waals surface area contributed by atoms with Crippen LogP contribution in [0.1, 0.15) is 361 Å². The molecule has 0 aromatic carbocycles. The van der Waals surface area contributed by atoms with Gasteiger partial charge in [0.1, 0.15) is 13.2 Å². The van der Waals surface area contributed by atoms with Gasteiger partial charge < -0.3 is 14.2 Å². The molecule has 0 rings (SSSR count). The number of carbonyl (C=O) groups excluding carboxylic acids is 3. The van der Waals surface area contributed by atoms with E-state index >= 15 is 0 Å². The predicted octanol–water partition coefficient (Wildman–Crippen LogP) is 21.8. The van der Waals surface area contributed by atoms with Gasteiger partial charge in [0.15, 0.2) is 6.10 Å². The molecule has 0 saturated heterocycles. The van der Waals surface area contributed by atoms with Crippen LogP contribution in [-0.2, 0) is 28.6 Å². The molecule has 0 bridgehead atoms. The van der Waals surface area contributed by atoms with Crippen molar-refractivity contribution in [3.05, 3.63) is 24.3 Å². The van der Waals surface area contributed by atoms with Crippen LogP contribution in [-0.4, -0.2) is 37.2 Å². The van der Waals surface area contributed by atoms with Gasteiger partial charge in [-0.05, 0) is 51.4 Å². The van der Waals surface area contributed by atoms with Gasteiger partial charge in [-0.25, -0.2) is 0 Å². The molecule has 0 aliphatic heterocycles. The number of carbonyl (C=O) groups is 3. The summed E-state index contributed by atoms with van der Waals surface area (Å²) in [4.78, 5) is 38.2. The molecule has 1 unspecified atom stereocenters. The standard InChI is InChI=1S/C66H124O6/c1-4-7-10-13-16-19-22-24-26-28-30-32-33-35-36-38-40-42-44-47-50-53-56-59-65(68)71-62-63(61-70-64(67)58-55-52-49-46-21-18-15-12-9-6-3)72-66(69)60-57-54-51-48-45-43-41-39-37-34-31-29-27-25-23-20-17-14-11-8-5-2/h23,25,29,31,63H,4-22,24,26-28,30,32-62H2,1-3H3/b25-23-,31-29-. The SMILES string of the molecule is CCCCCCC/C=C\C/C=C\CCCCCCCCCCCC(=O)OC(COC(=O)CCCCCCCCCCCC)COC(=O)CCCCCCCCCCCCCCCCCCCCCCCCC. The van der Waals surface area contributed by atoms with Gasteiger partial charge in [-0.2, -0.15) is 0 Å². The van der Waals surface area contributed by atoms with Crippen LogP contribution in [0, 0.1) is 0 Å². The number of rotatable bonds is 60. The summed E-state index contributed by atoms with van der Waals surface area (Å²) in [5, 5.41) is 0. The number of unbranched alkanes of at least 4 members (excludes halogenated alkanes) is 45. The Morgan fingerprint density at radius 3 is 0.764 bits per heavy atom. The average Bonchev–Trinajstić information content (AvgIpc) is 3.38. The van der Waals surface area contributed by atoms with Gasteiger partial charge in [-0.1, -0.05) is 315 Å². The monoisotopic (exact) mass is 1010 g/mol. The summed E-state index contributed by atoms with van der Waals surface area (Å²) in [5.74, 6) is -0.847. The Morgan fingerprint density at radius 2 is 0.500 bits per heavy atom. The van der Waals surface area contributed by atoms with Gasteiger partial charge in [-0.15, -0.1) is 0 Å². The van der Waals surface area contributed by atoms with Crippen molar-refractivity contribution < 1.29 is 28.6 Å². The second kappa shape index (κ2) is 61.4. The molecule has 0 amide bonds. The first-order valence-corrected chi connectivity index (χ1v) is 32.3. The van der Waals surface area contributed by atoms with Gasteiger partial charge in [0.05, 0.1) is 0 Å². The highest BCUT2D eigenvalue weighted by atomic mass is 16.6. The minimum absolute atomic E-state index is 0.0671. The van der Waals surface area contributed by atoms with E-state index in [2.05, 4.69) is 45.1 Å². The van der Waals surface area contributed by atoms with Crippen LogP contribution < -0.4 is 0 Å². The van der Waals surface area contributed by atoms with Gasteiger partial charge in [0.25, 0.3) is 0 Å². The highest BCUT2D eigenvalue weighted by molar-refractivity contribution is 5.71. The van der Waals surface area contributed by atoms with E-state index in [-0.39, 0.29) is 31.1 Å². The van der Waals surface area contributed by atoms with E-state index in [1.54, 1.807) is 0 Å². The summed E-state index contributed by atoms with van der Waals surface area (Å²) >= 11 is 0. The van der Waals surface area contributed by atoms with Crippen molar-refractivity contribution in [1.29, 1.82) is 0 Å². The second-order valence-electron chi connectivity index (χ2n) is 22.0. The molecule has 6 nitrogen and oxygen atoms in total. The van der Waals surface area contributed by atoms with Crippen molar-refractivity contribution >= 4 is 17.9 Å². The van der Waals surface area contributed by atoms with Crippen LogP contribution in [0.4, 0.5) is 0 Å². The van der Waals surface area contributed by atoms with E-state index < -0.39 is 6.10 Å². The van der Waals surface area contributed by atoms with Gasteiger partial charge in [0, 0.05) is 19.3 Å². The van der Waals surface area contributed by atoms with Gasteiger partial charge in [-0.3, -0.25) is 14.4 Å². The summed E-state index contributed by atoms with van der Waals surface area (Å²) < 4.78 is 16.9. The first-order chi connectivity index (χ1) is 35.5. The topological polar surface area (TPSA) is 78.9 Å². The third-order valence-electron chi connectivity index (χ3n) is 14.7. The molecule has 424 valence electrons. The van der Waals surface area contributed by atoms with E-state index in [4.69, 9.17) is 14.2 Å². The van der Waals surface area contributed by atoms with Crippen molar-refractivity contribution in [2.75, 3.05) is 13.2 Å². The van der Waals surface area contributed by atoms with Gasteiger partial charge in [0.2, 0.25) is 0 Å². The zero-order valence-corrected chi connectivity index (χ0v) is 48.7. The molecule has 0 aliphatic carbocycles. The van der Waals surface area contributed by atoms with Crippen LogP contribution >= 0.6 is 0 Å². The first kappa shape index (κ1) is 69.9. The molecule has 0 N–H and O–H groups in total. The normalized spacial score (nSPS) is 12.1. The summed E-state index contributed by atoms with van der Waals surface area (Å²) in [7, 11) is 0. The Morgan fingerprint density at radius 1 is 0.278 bits per heavy atom. The number of allylic oxidation sites excluding steroid dienone is 4. The summed E-state index contributed by atoms with van der Waals surface area (Å²) in [6, 6.07) is 0. The fourth-order valence-corrected chi connectivity index (χ4v) is 9.83. The Labute approximate surface area is 449 Å². The Bertz CT molecular complexity index is 1160. The molecule has 6 heteroatoms. The van der Waals surface area contributed by atoms with Crippen LogP contribution in [0.3, 0.4) is 0 Å². The summed E-state index contributed by atoms with van der Waals surface area (Å²) in [6.07, 6.45) is 73.4. The minimum atomic E-state index is -0.769.